The quantitative estimate of drug-likeness (QED) is 0.725. The fourth-order valence-electron chi connectivity index (χ4n) is 2.26. The zero-order valence-corrected chi connectivity index (χ0v) is 12.5. The molecule has 17 heavy (non-hydrogen) atoms. The van der Waals surface area contributed by atoms with Gasteiger partial charge >= 0.3 is 0 Å². The Bertz CT molecular complexity index is 364. The summed E-state index contributed by atoms with van der Waals surface area (Å²) in [6.07, 6.45) is 3.00. The lowest BCUT2D eigenvalue weighted by atomic mass is 9.86. The molecule has 1 saturated heterocycles. The number of hydrogen-bond donors (Lipinski definition) is 0. The van der Waals surface area contributed by atoms with Crippen LogP contribution in [-0.2, 0) is 10.2 Å². The third-order valence-electron chi connectivity index (χ3n) is 3.43. The fraction of sp³-hybridized carbons (Fsp3) is 0.600. The number of alkyl halides is 1. The van der Waals surface area contributed by atoms with Crippen molar-refractivity contribution >= 4 is 15.9 Å². The third-order valence-corrected chi connectivity index (χ3v) is 4.15. The van der Waals surface area contributed by atoms with Gasteiger partial charge in [-0.3, -0.25) is 0 Å². The molecule has 1 heterocycles. The Morgan fingerprint density at radius 3 is 2.29 bits per heavy atom. The van der Waals surface area contributed by atoms with Crippen LogP contribution in [0.25, 0.3) is 0 Å². The normalized spacial score (nSPS) is 25.2. The predicted octanol–water partition coefficient (Wildman–Crippen LogP) is 4.60. The minimum Gasteiger partial charge on any atom is -0.369 e. The summed E-state index contributed by atoms with van der Waals surface area (Å²) in [6, 6.07) is 8.92. The number of halogens is 1. The van der Waals surface area contributed by atoms with Gasteiger partial charge in [-0.15, -0.1) is 0 Å². The van der Waals surface area contributed by atoms with Crippen LogP contribution < -0.4 is 0 Å². The fourth-order valence-corrected chi connectivity index (χ4v) is 2.74. The Morgan fingerprint density at radius 2 is 1.82 bits per heavy atom. The summed E-state index contributed by atoms with van der Waals surface area (Å²) in [5, 5.41) is 0.948. The van der Waals surface area contributed by atoms with Crippen LogP contribution in [0.1, 0.15) is 50.8 Å². The molecule has 1 aromatic rings. The zero-order chi connectivity index (χ0) is 12.5. The van der Waals surface area contributed by atoms with Crippen molar-refractivity contribution in [3.8, 4) is 0 Å². The molecule has 1 aliphatic rings. The minimum atomic E-state index is 0.230. The first-order valence-corrected chi connectivity index (χ1v) is 7.44. The van der Waals surface area contributed by atoms with Gasteiger partial charge in [0.2, 0.25) is 0 Å². The van der Waals surface area contributed by atoms with Crippen molar-refractivity contribution in [3.05, 3.63) is 35.4 Å². The van der Waals surface area contributed by atoms with Crippen LogP contribution in [-0.4, -0.2) is 11.4 Å². The second kappa shape index (κ2) is 5.11. The Kier molecular flexibility index (Phi) is 3.94. The number of ether oxygens (including phenoxy) is 1. The van der Waals surface area contributed by atoms with E-state index in [0.717, 1.165) is 18.2 Å². The van der Waals surface area contributed by atoms with Crippen molar-refractivity contribution in [2.75, 3.05) is 5.33 Å². The molecule has 0 saturated carbocycles. The summed E-state index contributed by atoms with van der Waals surface area (Å²) >= 11 is 3.49. The van der Waals surface area contributed by atoms with Crippen molar-refractivity contribution in [2.45, 2.75) is 51.2 Å². The van der Waals surface area contributed by atoms with Crippen molar-refractivity contribution in [2.24, 2.45) is 0 Å². The molecule has 0 unspecified atom stereocenters. The van der Waals surface area contributed by atoms with Crippen molar-refractivity contribution in [3.63, 3.8) is 0 Å². The molecule has 1 aliphatic heterocycles. The van der Waals surface area contributed by atoms with Crippen LogP contribution in [0.15, 0.2) is 24.3 Å². The van der Waals surface area contributed by atoms with Crippen molar-refractivity contribution in [1.29, 1.82) is 0 Å². The summed E-state index contributed by atoms with van der Waals surface area (Å²) in [4.78, 5) is 0. The van der Waals surface area contributed by atoms with Gasteiger partial charge < -0.3 is 4.74 Å². The lowest BCUT2D eigenvalue weighted by Crippen LogP contribution is -2.11. The molecule has 0 bridgehead atoms. The van der Waals surface area contributed by atoms with Crippen LogP contribution in [0.5, 0.6) is 0 Å². The molecule has 1 nitrogen and oxygen atoms in total. The highest BCUT2D eigenvalue weighted by Crippen LogP contribution is 2.34. The standard InChI is InChI=1S/C15H21BrO/c1-15(2,3)12-6-4-11(5-7-12)14-9-8-13(10-16)17-14/h4-7,13-14H,8-10H2,1-3H3/t13-,14-/m1/s1. The Morgan fingerprint density at radius 1 is 1.18 bits per heavy atom. The molecule has 1 aromatic carbocycles. The number of rotatable bonds is 2. The Balaban J connectivity index is 2.09. The van der Waals surface area contributed by atoms with Crippen molar-refractivity contribution < 1.29 is 4.74 Å². The summed E-state index contributed by atoms with van der Waals surface area (Å²) in [7, 11) is 0. The largest absolute Gasteiger partial charge is 0.369 e. The molecular formula is C15H21BrO. The zero-order valence-electron chi connectivity index (χ0n) is 10.9. The number of hydrogen-bond acceptors (Lipinski definition) is 1. The molecule has 0 radical (unpaired) electrons. The first-order valence-electron chi connectivity index (χ1n) is 6.32. The summed E-state index contributed by atoms with van der Waals surface area (Å²) in [5.41, 5.74) is 2.94. The first kappa shape index (κ1) is 13.1. The predicted molar refractivity (Wildman–Crippen MR) is 75.8 cm³/mol. The van der Waals surface area contributed by atoms with Gasteiger partial charge in [0.15, 0.2) is 0 Å². The molecule has 1 fully saturated rings. The lowest BCUT2D eigenvalue weighted by Gasteiger charge is -2.20. The smallest absolute Gasteiger partial charge is 0.0830 e. The van der Waals surface area contributed by atoms with Gasteiger partial charge in [-0.2, -0.15) is 0 Å². The number of benzene rings is 1. The van der Waals surface area contributed by atoms with E-state index in [-0.39, 0.29) is 5.41 Å². The topological polar surface area (TPSA) is 9.23 Å². The van der Waals surface area contributed by atoms with E-state index in [2.05, 4.69) is 61.0 Å². The molecule has 0 aliphatic carbocycles. The molecule has 0 N–H and O–H groups in total. The average Bonchev–Trinajstić information content (AvgIpc) is 2.76. The summed E-state index contributed by atoms with van der Waals surface area (Å²) in [6.45, 7) is 6.73. The van der Waals surface area contributed by atoms with Gasteiger partial charge in [0.05, 0.1) is 12.2 Å². The first-order chi connectivity index (χ1) is 8.00. The highest BCUT2D eigenvalue weighted by Gasteiger charge is 2.25. The van der Waals surface area contributed by atoms with Crippen LogP contribution in [0.3, 0.4) is 0 Å². The molecule has 0 amide bonds. The third kappa shape index (κ3) is 3.11. The van der Waals surface area contributed by atoms with E-state index in [9.17, 15) is 0 Å². The van der Waals surface area contributed by atoms with E-state index in [1.807, 2.05) is 0 Å². The maximum absolute atomic E-state index is 5.98. The van der Waals surface area contributed by atoms with Crippen LogP contribution >= 0.6 is 15.9 Å². The molecular weight excluding hydrogens is 276 g/mol. The lowest BCUT2D eigenvalue weighted by molar-refractivity contribution is 0.0588. The maximum Gasteiger partial charge on any atom is 0.0830 e. The van der Waals surface area contributed by atoms with E-state index in [1.165, 1.54) is 11.1 Å². The summed E-state index contributed by atoms with van der Waals surface area (Å²) in [5.74, 6) is 0. The van der Waals surface area contributed by atoms with E-state index < -0.39 is 0 Å². The van der Waals surface area contributed by atoms with Gasteiger partial charge in [0.1, 0.15) is 0 Å². The van der Waals surface area contributed by atoms with Gasteiger partial charge in [0, 0.05) is 5.33 Å². The van der Waals surface area contributed by atoms with Crippen LogP contribution in [0, 0.1) is 0 Å². The van der Waals surface area contributed by atoms with Crippen LogP contribution in [0.2, 0.25) is 0 Å². The molecule has 2 heteroatoms. The van der Waals surface area contributed by atoms with Gasteiger partial charge in [-0.25, -0.2) is 0 Å². The molecule has 94 valence electrons. The van der Waals surface area contributed by atoms with Gasteiger partial charge in [-0.1, -0.05) is 61.0 Å². The average molecular weight is 297 g/mol. The molecule has 0 spiro atoms. The molecule has 2 atom stereocenters. The highest BCUT2D eigenvalue weighted by molar-refractivity contribution is 9.09. The Hall–Kier alpha value is -0.340. The minimum absolute atomic E-state index is 0.230. The molecule has 0 aromatic heterocycles. The second-order valence-electron chi connectivity index (χ2n) is 5.85. The monoisotopic (exact) mass is 296 g/mol. The van der Waals surface area contributed by atoms with E-state index in [1.54, 1.807) is 0 Å². The van der Waals surface area contributed by atoms with E-state index in [0.29, 0.717) is 12.2 Å². The van der Waals surface area contributed by atoms with Gasteiger partial charge in [0.25, 0.3) is 0 Å². The maximum atomic E-state index is 5.98. The van der Waals surface area contributed by atoms with Crippen LogP contribution in [0.4, 0.5) is 0 Å². The highest BCUT2D eigenvalue weighted by atomic mass is 79.9. The molecule has 2 rings (SSSR count). The summed E-state index contributed by atoms with van der Waals surface area (Å²) < 4.78 is 5.98. The van der Waals surface area contributed by atoms with Gasteiger partial charge in [-0.05, 0) is 29.4 Å². The van der Waals surface area contributed by atoms with E-state index in [4.69, 9.17) is 4.74 Å². The Labute approximate surface area is 113 Å². The SMILES string of the molecule is CC(C)(C)c1ccc([C@H]2CC[C@H](CBr)O2)cc1. The van der Waals surface area contributed by atoms with Crippen molar-refractivity contribution in [1.82, 2.24) is 0 Å². The second-order valence-corrected chi connectivity index (χ2v) is 6.50. The van der Waals surface area contributed by atoms with E-state index >= 15 is 0 Å².